The zero-order valence-electron chi connectivity index (χ0n) is 49.3. The fraction of sp³-hybridized carbons (Fsp3) is 0.508. The van der Waals surface area contributed by atoms with Crippen LogP contribution in [0.4, 0.5) is 9.59 Å². The van der Waals surface area contributed by atoms with E-state index in [0.717, 1.165) is 93.7 Å². The van der Waals surface area contributed by atoms with E-state index in [-0.39, 0.29) is 85.5 Å². The molecule has 2 amide bonds. The van der Waals surface area contributed by atoms with Gasteiger partial charge in [-0.15, -0.1) is 11.5 Å². The summed E-state index contributed by atoms with van der Waals surface area (Å²) in [6.45, 7) is 16.1. The van der Waals surface area contributed by atoms with Crippen molar-refractivity contribution in [3.8, 4) is 12.3 Å². The average molecular weight is 1210 g/mol. The summed E-state index contributed by atoms with van der Waals surface area (Å²) >= 11 is 3.29. The molecule has 0 saturated heterocycles. The minimum Gasteiger partial charge on any atom is -0.444 e. The molecule has 0 radical (unpaired) electrons. The van der Waals surface area contributed by atoms with Crippen LogP contribution in [0.25, 0.3) is 16.0 Å². The minimum absolute atomic E-state index is 0. The van der Waals surface area contributed by atoms with E-state index in [1.807, 2.05) is 41.5 Å². The topological polar surface area (TPSA) is 219 Å². The number of carbonyl (C=O) groups is 4. The predicted molar refractivity (Wildman–Crippen MR) is 325 cm³/mol. The van der Waals surface area contributed by atoms with E-state index in [2.05, 4.69) is 142 Å². The van der Waals surface area contributed by atoms with Crippen molar-refractivity contribution >= 4 is 39.7 Å². The monoisotopic (exact) mass is 1210 g/mol. The number of amides is 2. The van der Waals surface area contributed by atoms with Gasteiger partial charge in [0.1, 0.15) is 30.0 Å². The Morgan fingerprint density at radius 2 is 1.02 bits per heavy atom. The quantitative estimate of drug-likeness (QED) is 0.0229. The Kier molecular flexibility index (Phi) is 28.2. The van der Waals surface area contributed by atoms with E-state index in [1.165, 1.54) is 43.9 Å². The number of nitrogens with zero attached hydrogens (tertiary/aromatic N) is 6. The van der Waals surface area contributed by atoms with Gasteiger partial charge in [0.2, 0.25) is 0 Å². The molecule has 2 saturated carbocycles. The summed E-state index contributed by atoms with van der Waals surface area (Å²) in [4.78, 5) is 50.8. The zero-order valence-corrected chi connectivity index (χ0v) is 52.9. The molecular weight excluding hydrogens is 1120 g/mol. The number of ketones is 2. The molecule has 10 aliphatic carbocycles. The van der Waals surface area contributed by atoms with Crippen LogP contribution in [0, 0.1) is 24.2 Å². The van der Waals surface area contributed by atoms with Gasteiger partial charge in [-0.05, 0) is 187 Å². The normalized spacial score (nSPS) is 19.4. The minimum atomic E-state index is -0.526. The molecule has 440 valence electrons. The molecule has 5 aromatic rings. The third-order valence-corrected chi connectivity index (χ3v) is 15.2. The molecule has 10 aliphatic rings. The number of aromatic nitrogens is 3. The van der Waals surface area contributed by atoms with Gasteiger partial charge in [-0.2, -0.15) is 0 Å². The maximum absolute atomic E-state index is 13.4. The Morgan fingerprint density at radius 1 is 0.639 bits per heavy atom. The smallest absolute Gasteiger partial charge is 0.444 e. The first-order valence-electron chi connectivity index (χ1n) is 28.2. The summed E-state index contributed by atoms with van der Waals surface area (Å²) in [5.41, 5.74) is 24.9. The summed E-state index contributed by atoms with van der Waals surface area (Å²) in [5.74, 6) is 3.39. The Labute approximate surface area is 522 Å². The van der Waals surface area contributed by atoms with E-state index in [0.29, 0.717) is 36.1 Å². The summed E-state index contributed by atoms with van der Waals surface area (Å²) in [5, 5.41) is 14.7. The number of hydrogen-bond donors (Lipinski definition) is 2. The number of benzene rings is 4. The molecule has 16 nitrogen and oxygen atoms in total. The molecule has 6 atom stereocenters. The van der Waals surface area contributed by atoms with Crippen LogP contribution in [0.2, 0.25) is 0 Å². The van der Waals surface area contributed by atoms with Crippen molar-refractivity contribution < 1.29 is 67.7 Å². The number of nitrogens with one attached hydrogen (secondary N) is 2. The van der Waals surface area contributed by atoms with Crippen molar-refractivity contribution in [3.05, 3.63) is 168 Å². The predicted octanol–water partition coefficient (Wildman–Crippen LogP) is 10.2. The Hall–Kier alpha value is -5.83. The summed E-state index contributed by atoms with van der Waals surface area (Å²) in [6.07, 6.45) is 17.1. The van der Waals surface area contributed by atoms with Crippen LogP contribution >= 0.6 is 15.9 Å². The fourth-order valence-electron chi connectivity index (χ4n) is 10.6. The van der Waals surface area contributed by atoms with E-state index in [1.54, 1.807) is 10.9 Å². The van der Waals surface area contributed by atoms with Crippen LogP contribution in [-0.2, 0) is 83.5 Å². The largest absolute Gasteiger partial charge is 1.00 e. The molecule has 8 bridgehead atoms. The van der Waals surface area contributed by atoms with Crippen LogP contribution in [0.1, 0.15) is 159 Å². The van der Waals surface area contributed by atoms with Gasteiger partial charge in [-0.25, -0.2) is 14.3 Å². The van der Waals surface area contributed by atoms with E-state index in [9.17, 15) is 19.2 Å². The molecule has 2 fully saturated rings. The van der Waals surface area contributed by atoms with Crippen LogP contribution in [-0.4, -0.2) is 86.2 Å². The number of Topliss-reactive ketones (excluding diaryl/α,β-unsaturated/α-hetero) is 2. The van der Waals surface area contributed by atoms with Crippen LogP contribution < -0.4 is 40.2 Å². The molecule has 83 heavy (non-hydrogen) atoms. The third kappa shape index (κ3) is 23.3. The third-order valence-electron chi connectivity index (χ3n) is 14.7. The Balaban J connectivity index is 0.000000288. The van der Waals surface area contributed by atoms with Gasteiger partial charge < -0.3 is 40.6 Å². The van der Waals surface area contributed by atoms with Crippen LogP contribution in [0.3, 0.4) is 0 Å². The van der Waals surface area contributed by atoms with Crippen LogP contribution in [0.5, 0.6) is 0 Å². The van der Waals surface area contributed by atoms with Crippen molar-refractivity contribution in [2.45, 2.75) is 189 Å². The fourth-order valence-corrected chi connectivity index (χ4v) is 10.9. The molecule has 1 aromatic heterocycles. The molecular formula is C65H84BrN8NaO8. The molecule has 4 unspecified atom stereocenters. The maximum atomic E-state index is 13.4. The number of alkyl halides is 1. The van der Waals surface area contributed by atoms with Gasteiger partial charge in [0.25, 0.3) is 0 Å². The van der Waals surface area contributed by atoms with E-state index >= 15 is 0 Å². The van der Waals surface area contributed by atoms with Gasteiger partial charge in [-0.3, -0.25) is 14.5 Å². The number of halogens is 1. The molecule has 4 aromatic carbocycles. The van der Waals surface area contributed by atoms with Gasteiger partial charge in [0.05, 0.1) is 30.3 Å². The van der Waals surface area contributed by atoms with Crippen molar-refractivity contribution in [2.24, 2.45) is 11.8 Å². The molecule has 18 heteroatoms. The van der Waals surface area contributed by atoms with Gasteiger partial charge in [0.15, 0.2) is 11.6 Å². The average Bonchev–Trinajstić information content (AvgIpc) is 4.21. The molecule has 0 spiro atoms. The first-order valence-corrected chi connectivity index (χ1v) is 29.3. The Bertz CT molecular complexity index is 2980. The first-order chi connectivity index (χ1) is 38.6. The number of aryl methyl sites for hydroxylation is 8. The van der Waals surface area contributed by atoms with Crippen molar-refractivity contribution in [3.63, 3.8) is 0 Å². The standard InChI is InChI=1S/C32H40N4O4.C18H17BrO.C14H23NO3.CH4.N3.Na/c1-21-15-26(33-31(38)40-32(2,3)4)17-30(21)39-20-27-18-36(35-34-27)19-29(37)28-16-24-10-9-22-5-7-23(8-6-22)11-13-25(28)14-12-24;19-12-18(20)17-11-15-6-5-13-1-3-14(4-2-13)7-9-16(17)10-8-15;1-6-7-17-12-9-11(8-10(12)2)15-13(16)18-14(3,4)5;;1-3-2;/h5-8,12,14,16,18,21,26,30H,9-11,13,15,17,19-20H2,1-4H3,(H,33,38);1-4,8,10-11H,5-7,9,12H2;1,10-12H,7-9H2,2-5H3,(H,15,16);1H4;;/q;;;;-1;+1/t;;10-,11+,12?;;;/m..0.../s1. The molecule has 0 aliphatic heterocycles. The van der Waals surface area contributed by atoms with Crippen molar-refractivity contribution in [2.75, 3.05) is 11.9 Å². The number of terminal acetylenes is 1. The molecule has 1 heterocycles. The SMILES string of the molecule is C.C#CCOC1C[C@H](NC(=O)OC(C)(C)C)C[C@@H]1C.CC1CC(NC(=O)OC(C)(C)C)CC1OCc1cn(CC(=O)c2cc3ccc2CCc2ccc(cc2)CC3)nn1.O=C(CBr)c1cc2ccc1CCc1ccc(cc1)CC2.[N-]=[N+]=[N-].[Na+]. The van der Waals surface area contributed by atoms with Crippen LogP contribution in [0.15, 0.2) is 91.1 Å². The number of hydrogen-bond acceptors (Lipinski definition) is 10. The number of alkyl carbamates (subject to hydrolysis) is 2. The number of carbonyl (C=O) groups excluding carboxylic acids is 4. The zero-order chi connectivity index (χ0) is 58.7. The summed E-state index contributed by atoms with van der Waals surface area (Å²) in [7, 11) is 0. The second-order valence-electron chi connectivity index (χ2n) is 23.6. The number of rotatable bonds is 12. The second kappa shape index (κ2) is 33.6. The van der Waals surface area contributed by atoms with Crippen molar-refractivity contribution in [1.82, 2.24) is 25.6 Å². The summed E-state index contributed by atoms with van der Waals surface area (Å²) in [6, 6.07) is 30.6. The van der Waals surface area contributed by atoms with Gasteiger partial charge >= 0.3 is 41.7 Å². The maximum Gasteiger partial charge on any atom is 1.00 e. The molecule has 2 N–H and O–H groups in total. The van der Waals surface area contributed by atoms with E-state index < -0.39 is 17.3 Å². The summed E-state index contributed by atoms with van der Waals surface area (Å²) < 4.78 is 23.9. The first kappa shape index (κ1) is 69.7. The van der Waals surface area contributed by atoms with Gasteiger partial charge in [0, 0.05) is 23.2 Å². The Morgan fingerprint density at radius 3 is 1.43 bits per heavy atom. The van der Waals surface area contributed by atoms with E-state index in [4.69, 9.17) is 36.4 Å². The van der Waals surface area contributed by atoms with Gasteiger partial charge in [-0.1, -0.05) is 121 Å². The molecule has 15 rings (SSSR count). The second-order valence-corrected chi connectivity index (χ2v) is 24.1. The number of ether oxygens (including phenoxy) is 4. The van der Waals surface area contributed by atoms with Crippen molar-refractivity contribution in [1.29, 1.82) is 0 Å².